The molecule has 1 aromatic rings. The van der Waals surface area contributed by atoms with E-state index in [9.17, 15) is 4.79 Å². The van der Waals surface area contributed by atoms with Gasteiger partial charge >= 0.3 is 0 Å². The molecule has 0 radical (unpaired) electrons. The van der Waals surface area contributed by atoms with E-state index >= 15 is 0 Å². The Labute approximate surface area is 87.5 Å². The van der Waals surface area contributed by atoms with Gasteiger partial charge in [0.1, 0.15) is 11.5 Å². The van der Waals surface area contributed by atoms with Gasteiger partial charge in [-0.2, -0.15) is 5.26 Å². The highest BCUT2D eigenvalue weighted by Crippen LogP contribution is 2.41. The number of ketones is 1. The Morgan fingerprint density at radius 2 is 2.27 bits per heavy atom. The van der Waals surface area contributed by atoms with Gasteiger partial charge in [-0.3, -0.25) is 9.78 Å². The maximum absolute atomic E-state index is 11.0. The molecule has 0 spiro atoms. The average molecular weight is 202 g/mol. The maximum Gasteiger partial charge on any atom is 0.137 e. The second kappa shape index (κ2) is 3.35. The van der Waals surface area contributed by atoms with Gasteiger partial charge in [-0.15, -0.1) is 0 Å². The minimum absolute atomic E-state index is 0.124. The van der Waals surface area contributed by atoms with E-state index in [1.54, 1.807) is 25.6 Å². The normalized spacial score (nSPS) is 17.7. The molecule has 4 heteroatoms. The smallest absolute Gasteiger partial charge is 0.137 e. The summed E-state index contributed by atoms with van der Waals surface area (Å²) < 4.78 is 5.03. The van der Waals surface area contributed by atoms with Crippen LogP contribution in [0.25, 0.3) is 0 Å². The van der Waals surface area contributed by atoms with Gasteiger partial charge in [-0.25, -0.2) is 0 Å². The summed E-state index contributed by atoms with van der Waals surface area (Å²) in [4.78, 5) is 15.0. The van der Waals surface area contributed by atoms with Crippen LogP contribution in [0.1, 0.15) is 18.4 Å². The molecular weight excluding hydrogens is 192 g/mol. The maximum atomic E-state index is 11.0. The van der Waals surface area contributed by atoms with Gasteiger partial charge in [0.15, 0.2) is 0 Å². The Kier molecular flexibility index (Phi) is 2.16. The minimum Gasteiger partial charge on any atom is -0.495 e. The first-order valence-electron chi connectivity index (χ1n) is 4.63. The molecule has 1 fully saturated rings. The Balaban J connectivity index is 2.36. The highest BCUT2D eigenvalue weighted by atomic mass is 16.5. The van der Waals surface area contributed by atoms with Crippen molar-refractivity contribution < 1.29 is 9.53 Å². The summed E-state index contributed by atoms with van der Waals surface area (Å²) in [6.07, 6.45) is 3.78. The zero-order valence-corrected chi connectivity index (χ0v) is 8.36. The molecule has 1 aromatic heterocycles. The Hall–Kier alpha value is -1.89. The second-order valence-electron chi connectivity index (χ2n) is 3.70. The SMILES string of the molecule is COc1cncc(C2(C#N)CC(=O)C2)c1. The van der Waals surface area contributed by atoms with E-state index in [4.69, 9.17) is 10.00 Å². The number of aromatic nitrogens is 1. The Morgan fingerprint density at radius 1 is 1.53 bits per heavy atom. The van der Waals surface area contributed by atoms with Crippen molar-refractivity contribution in [2.75, 3.05) is 7.11 Å². The van der Waals surface area contributed by atoms with Crippen LogP contribution in [0.2, 0.25) is 0 Å². The predicted octanol–water partition coefficient (Wildman–Crippen LogP) is 1.21. The van der Waals surface area contributed by atoms with Gasteiger partial charge < -0.3 is 4.74 Å². The van der Waals surface area contributed by atoms with Crippen LogP contribution in [0.4, 0.5) is 0 Å². The molecule has 0 unspecified atom stereocenters. The first kappa shape index (κ1) is 9.66. The summed E-state index contributed by atoms with van der Waals surface area (Å²) in [6, 6.07) is 3.96. The van der Waals surface area contributed by atoms with E-state index in [0.29, 0.717) is 18.6 Å². The number of nitrogens with zero attached hydrogens (tertiary/aromatic N) is 2. The summed E-state index contributed by atoms with van der Waals surface area (Å²) in [5, 5.41) is 9.10. The van der Waals surface area contributed by atoms with Crippen molar-refractivity contribution in [3.05, 3.63) is 24.0 Å². The third-order valence-electron chi connectivity index (χ3n) is 2.71. The molecular formula is C11H10N2O2. The van der Waals surface area contributed by atoms with Crippen molar-refractivity contribution in [1.82, 2.24) is 4.98 Å². The van der Waals surface area contributed by atoms with E-state index in [2.05, 4.69) is 11.1 Å². The summed E-state index contributed by atoms with van der Waals surface area (Å²) in [6.45, 7) is 0. The quantitative estimate of drug-likeness (QED) is 0.723. The number of nitriles is 1. The largest absolute Gasteiger partial charge is 0.495 e. The van der Waals surface area contributed by atoms with Crippen molar-refractivity contribution in [1.29, 1.82) is 5.26 Å². The van der Waals surface area contributed by atoms with Crippen LogP contribution in [0.3, 0.4) is 0 Å². The lowest BCUT2D eigenvalue weighted by Gasteiger charge is -2.33. The number of hydrogen-bond donors (Lipinski definition) is 0. The van der Waals surface area contributed by atoms with Crippen LogP contribution in [0, 0.1) is 11.3 Å². The van der Waals surface area contributed by atoms with Gasteiger partial charge in [0.05, 0.1) is 24.8 Å². The van der Waals surface area contributed by atoms with E-state index in [0.717, 1.165) is 5.56 Å². The average Bonchev–Trinajstić information content (AvgIpc) is 2.24. The molecule has 0 N–H and O–H groups in total. The summed E-state index contributed by atoms with van der Waals surface area (Å²) in [5.74, 6) is 0.737. The van der Waals surface area contributed by atoms with Crippen molar-refractivity contribution in [2.45, 2.75) is 18.3 Å². The lowest BCUT2D eigenvalue weighted by molar-refractivity contribution is -0.126. The van der Waals surface area contributed by atoms with Gasteiger partial charge in [0, 0.05) is 19.0 Å². The number of carbonyl (C=O) groups is 1. The topological polar surface area (TPSA) is 63.0 Å². The van der Waals surface area contributed by atoms with E-state index in [-0.39, 0.29) is 5.78 Å². The van der Waals surface area contributed by atoms with Gasteiger partial charge in [-0.05, 0) is 11.6 Å². The molecule has 4 nitrogen and oxygen atoms in total. The predicted molar refractivity (Wildman–Crippen MR) is 52.3 cm³/mol. The molecule has 0 atom stereocenters. The molecule has 1 saturated carbocycles. The van der Waals surface area contributed by atoms with Gasteiger partial charge in [0.25, 0.3) is 0 Å². The lowest BCUT2D eigenvalue weighted by Crippen LogP contribution is -2.40. The van der Waals surface area contributed by atoms with Crippen LogP contribution >= 0.6 is 0 Å². The van der Waals surface area contributed by atoms with Crippen LogP contribution in [-0.4, -0.2) is 17.9 Å². The number of hydrogen-bond acceptors (Lipinski definition) is 4. The molecule has 15 heavy (non-hydrogen) atoms. The molecule has 0 aromatic carbocycles. The highest BCUT2D eigenvalue weighted by molar-refractivity contribution is 5.90. The fourth-order valence-corrected chi connectivity index (χ4v) is 1.76. The summed E-state index contributed by atoms with van der Waals surface area (Å²) in [5.41, 5.74) is 0.0995. The molecule has 1 aliphatic rings. The van der Waals surface area contributed by atoms with E-state index in [1.165, 1.54) is 0 Å². The fraction of sp³-hybridized carbons (Fsp3) is 0.364. The van der Waals surface area contributed by atoms with Crippen LogP contribution in [-0.2, 0) is 10.2 Å². The summed E-state index contributed by atoms with van der Waals surface area (Å²) in [7, 11) is 1.55. The van der Waals surface area contributed by atoms with Gasteiger partial charge in [-0.1, -0.05) is 0 Å². The van der Waals surface area contributed by atoms with Crippen molar-refractivity contribution in [3.63, 3.8) is 0 Å². The van der Waals surface area contributed by atoms with Crippen molar-refractivity contribution in [3.8, 4) is 11.8 Å². The molecule has 0 amide bonds. The standard InChI is InChI=1S/C11H10N2O2/c1-15-10-2-8(5-13-6-10)11(7-12)3-9(14)4-11/h2,5-6H,3-4H2,1H3. The number of pyridine rings is 1. The minimum atomic E-state index is -0.668. The third kappa shape index (κ3) is 1.46. The molecule has 76 valence electrons. The molecule has 1 aliphatic carbocycles. The molecule has 1 heterocycles. The fourth-order valence-electron chi connectivity index (χ4n) is 1.76. The second-order valence-corrected chi connectivity index (χ2v) is 3.70. The molecule has 0 bridgehead atoms. The molecule has 0 saturated heterocycles. The van der Waals surface area contributed by atoms with Gasteiger partial charge in [0.2, 0.25) is 0 Å². The van der Waals surface area contributed by atoms with Crippen LogP contribution in [0.5, 0.6) is 5.75 Å². The highest BCUT2D eigenvalue weighted by Gasteiger charge is 2.45. The first-order chi connectivity index (χ1) is 7.20. The van der Waals surface area contributed by atoms with E-state index in [1.807, 2.05) is 0 Å². The van der Waals surface area contributed by atoms with Crippen LogP contribution < -0.4 is 4.74 Å². The Morgan fingerprint density at radius 3 is 2.80 bits per heavy atom. The zero-order valence-electron chi connectivity index (χ0n) is 8.36. The van der Waals surface area contributed by atoms with Crippen LogP contribution in [0.15, 0.2) is 18.5 Å². The number of Topliss-reactive ketones (excluding diaryl/α,β-unsaturated/α-hetero) is 1. The third-order valence-corrected chi connectivity index (χ3v) is 2.71. The monoisotopic (exact) mass is 202 g/mol. The first-order valence-corrected chi connectivity index (χ1v) is 4.63. The number of rotatable bonds is 2. The van der Waals surface area contributed by atoms with E-state index < -0.39 is 5.41 Å². The lowest BCUT2D eigenvalue weighted by atomic mass is 9.65. The Bertz CT molecular complexity index is 440. The summed E-state index contributed by atoms with van der Waals surface area (Å²) >= 11 is 0. The van der Waals surface area contributed by atoms with Crippen molar-refractivity contribution in [2.24, 2.45) is 0 Å². The number of ether oxygens (including phenoxy) is 1. The van der Waals surface area contributed by atoms with Crippen molar-refractivity contribution >= 4 is 5.78 Å². The number of carbonyl (C=O) groups excluding carboxylic acids is 1. The molecule has 2 rings (SSSR count). The zero-order chi connectivity index (χ0) is 10.9. The number of methoxy groups -OCH3 is 1. The molecule has 0 aliphatic heterocycles.